The third kappa shape index (κ3) is 4.04. The van der Waals surface area contributed by atoms with E-state index in [2.05, 4.69) is 22.0 Å². The fourth-order valence-electron chi connectivity index (χ4n) is 2.91. The van der Waals surface area contributed by atoms with Gasteiger partial charge in [-0.2, -0.15) is 5.26 Å². The summed E-state index contributed by atoms with van der Waals surface area (Å²) < 4.78 is 6.73. The number of hydrogen-bond donors (Lipinski definition) is 0. The van der Waals surface area contributed by atoms with Crippen LogP contribution in [0.2, 0.25) is 0 Å². The fraction of sp³-hybridized carbons (Fsp3) is 0.0455. The Morgan fingerprint density at radius 1 is 1.07 bits per heavy atom. The van der Waals surface area contributed by atoms with E-state index in [1.54, 1.807) is 36.4 Å². The van der Waals surface area contributed by atoms with Gasteiger partial charge in [0.15, 0.2) is 0 Å². The summed E-state index contributed by atoms with van der Waals surface area (Å²) >= 11 is 4.26. The summed E-state index contributed by atoms with van der Waals surface area (Å²) in [5.41, 5.74) is 2.05. The highest BCUT2D eigenvalue weighted by molar-refractivity contribution is 9.10. The number of nitrogens with zero attached hydrogens (tertiary/aromatic N) is 2. The van der Waals surface area contributed by atoms with Gasteiger partial charge in [0.1, 0.15) is 11.5 Å². The minimum absolute atomic E-state index is 0.217. The second-order valence-corrected chi connectivity index (χ2v) is 8.16. The molecule has 0 bridgehead atoms. The van der Waals surface area contributed by atoms with Crippen molar-refractivity contribution in [1.82, 2.24) is 4.90 Å². The summed E-state index contributed by atoms with van der Waals surface area (Å²) in [5, 5.41) is 8.93. The van der Waals surface area contributed by atoms with Gasteiger partial charge in [0.25, 0.3) is 11.1 Å². The molecule has 1 saturated heterocycles. The van der Waals surface area contributed by atoms with Gasteiger partial charge in [-0.3, -0.25) is 14.5 Å². The monoisotopic (exact) mass is 464 g/mol. The number of hydrogen-bond acceptors (Lipinski definition) is 5. The molecular weight excluding hydrogens is 452 g/mol. The molecule has 29 heavy (non-hydrogen) atoms. The van der Waals surface area contributed by atoms with Crippen molar-refractivity contribution < 1.29 is 14.0 Å². The highest BCUT2D eigenvalue weighted by Crippen LogP contribution is 2.34. The summed E-state index contributed by atoms with van der Waals surface area (Å²) in [4.78, 5) is 26.5. The van der Waals surface area contributed by atoms with E-state index in [4.69, 9.17) is 4.42 Å². The molecule has 1 aliphatic rings. The third-order valence-corrected chi connectivity index (χ3v) is 5.78. The third-order valence-electron chi connectivity index (χ3n) is 4.34. The molecule has 1 aromatic heterocycles. The van der Waals surface area contributed by atoms with Crippen LogP contribution in [0.1, 0.15) is 16.9 Å². The van der Waals surface area contributed by atoms with Gasteiger partial charge < -0.3 is 4.42 Å². The number of thioether (sulfide) groups is 1. The molecule has 0 aliphatic carbocycles. The van der Waals surface area contributed by atoms with Crippen LogP contribution in [0, 0.1) is 11.3 Å². The number of amides is 2. The van der Waals surface area contributed by atoms with Crippen LogP contribution in [0.5, 0.6) is 0 Å². The lowest BCUT2D eigenvalue weighted by Crippen LogP contribution is -2.27. The Balaban J connectivity index is 1.56. The van der Waals surface area contributed by atoms with Crippen LogP contribution in [0.15, 0.2) is 74.5 Å². The molecule has 0 atom stereocenters. The first-order valence-electron chi connectivity index (χ1n) is 8.64. The number of imide groups is 1. The van der Waals surface area contributed by atoms with Crippen LogP contribution >= 0.6 is 27.7 Å². The molecule has 7 heteroatoms. The zero-order chi connectivity index (χ0) is 20.4. The maximum Gasteiger partial charge on any atom is 0.293 e. The van der Waals surface area contributed by atoms with E-state index in [1.165, 1.54) is 4.90 Å². The predicted octanol–water partition coefficient (Wildman–Crippen LogP) is 5.82. The minimum atomic E-state index is -0.349. The van der Waals surface area contributed by atoms with Crippen LogP contribution < -0.4 is 0 Å². The first-order chi connectivity index (χ1) is 14.0. The molecule has 0 spiro atoms. The molecule has 3 aromatic rings. The average Bonchev–Trinajstić information content (AvgIpc) is 3.30. The number of carbonyl (C=O) groups excluding carboxylic acids is 2. The first-order valence-corrected chi connectivity index (χ1v) is 10.3. The molecule has 0 saturated carbocycles. The van der Waals surface area contributed by atoms with Crippen LogP contribution in [0.3, 0.4) is 0 Å². The Labute approximate surface area is 179 Å². The number of carbonyl (C=O) groups is 2. The molecular formula is C22H13BrN2O3S. The molecule has 1 fully saturated rings. The van der Waals surface area contributed by atoms with Crippen molar-refractivity contribution >= 4 is 44.9 Å². The fourth-order valence-corrected chi connectivity index (χ4v) is 3.99. The van der Waals surface area contributed by atoms with Gasteiger partial charge in [-0.05, 0) is 53.7 Å². The lowest BCUT2D eigenvalue weighted by molar-refractivity contribution is -0.123. The Bertz CT molecular complexity index is 1180. The van der Waals surface area contributed by atoms with Crippen molar-refractivity contribution in [3.63, 3.8) is 0 Å². The standard InChI is InChI=1S/C22H13BrN2O3S/c23-16-7-5-14(6-8-16)13-25-21(26)20(29-22(25)27)11-17-9-10-19(28-17)18-4-2-1-3-15(18)12-24/h1-11H,13H2/b20-11+. The SMILES string of the molecule is N#Cc1ccccc1-c1ccc(/C=C2/SC(=O)N(Cc3ccc(Br)cc3)C2=O)o1. The van der Waals surface area contributed by atoms with Gasteiger partial charge in [-0.1, -0.05) is 40.2 Å². The van der Waals surface area contributed by atoms with E-state index >= 15 is 0 Å². The molecule has 4 rings (SSSR count). The first kappa shape index (κ1) is 19.2. The maximum absolute atomic E-state index is 12.7. The van der Waals surface area contributed by atoms with E-state index in [0.29, 0.717) is 27.6 Å². The minimum Gasteiger partial charge on any atom is -0.457 e. The second kappa shape index (κ2) is 8.11. The summed E-state index contributed by atoms with van der Waals surface area (Å²) in [5.74, 6) is 0.627. The zero-order valence-corrected chi connectivity index (χ0v) is 17.4. The number of benzene rings is 2. The van der Waals surface area contributed by atoms with Crippen LogP contribution in [-0.4, -0.2) is 16.0 Å². The molecule has 0 N–H and O–H groups in total. The van der Waals surface area contributed by atoms with Crippen molar-refractivity contribution in [1.29, 1.82) is 5.26 Å². The Morgan fingerprint density at radius 3 is 2.59 bits per heavy atom. The molecule has 1 aliphatic heterocycles. The van der Waals surface area contributed by atoms with E-state index in [9.17, 15) is 14.9 Å². The Kier molecular flexibility index (Phi) is 5.38. The normalized spacial score (nSPS) is 15.2. The number of halogens is 1. The summed E-state index contributed by atoms with van der Waals surface area (Å²) in [6.07, 6.45) is 1.56. The number of furan rings is 1. The Morgan fingerprint density at radius 2 is 1.83 bits per heavy atom. The quantitative estimate of drug-likeness (QED) is 0.454. The highest BCUT2D eigenvalue weighted by atomic mass is 79.9. The van der Waals surface area contributed by atoms with Gasteiger partial charge in [0, 0.05) is 16.1 Å². The van der Waals surface area contributed by atoms with E-state index in [1.807, 2.05) is 30.3 Å². The van der Waals surface area contributed by atoms with Crippen molar-refractivity contribution in [2.45, 2.75) is 6.54 Å². The zero-order valence-electron chi connectivity index (χ0n) is 15.0. The van der Waals surface area contributed by atoms with Gasteiger partial charge in [0.05, 0.1) is 23.1 Å². The van der Waals surface area contributed by atoms with Crippen LogP contribution in [0.4, 0.5) is 4.79 Å². The molecule has 2 heterocycles. The van der Waals surface area contributed by atoms with Crippen molar-refractivity contribution in [2.75, 3.05) is 0 Å². The second-order valence-electron chi connectivity index (χ2n) is 6.25. The van der Waals surface area contributed by atoms with Crippen molar-refractivity contribution in [3.05, 3.63) is 86.9 Å². The number of rotatable bonds is 4. The van der Waals surface area contributed by atoms with Gasteiger partial charge in [0.2, 0.25) is 0 Å². The highest BCUT2D eigenvalue weighted by Gasteiger charge is 2.35. The van der Waals surface area contributed by atoms with Crippen LogP contribution in [-0.2, 0) is 11.3 Å². The molecule has 142 valence electrons. The smallest absolute Gasteiger partial charge is 0.293 e. The molecule has 5 nitrogen and oxygen atoms in total. The molecule has 2 aromatic carbocycles. The number of nitriles is 1. The van der Waals surface area contributed by atoms with Crippen molar-refractivity contribution in [2.24, 2.45) is 0 Å². The lowest BCUT2D eigenvalue weighted by Gasteiger charge is -2.12. The van der Waals surface area contributed by atoms with E-state index in [0.717, 1.165) is 21.8 Å². The summed E-state index contributed by atoms with van der Waals surface area (Å²) in [6.45, 7) is 0.217. The largest absolute Gasteiger partial charge is 0.457 e. The topological polar surface area (TPSA) is 74.3 Å². The van der Waals surface area contributed by atoms with Gasteiger partial charge >= 0.3 is 0 Å². The summed E-state index contributed by atoms with van der Waals surface area (Å²) in [7, 11) is 0. The maximum atomic E-state index is 12.7. The lowest BCUT2D eigenvalue weighted by atomic mass is 10.1. The van der Waals surface area contributed by atoms with Crippen molar-refractivity contribution in [3.8, 4) is 17.4 Å². The average molecular weight is 465 g/mol. The molecule has 2 amide bonds. The van der Waals surface area contributed by atoms with Gasteiger partial charge in [-0.15, -0.1) is 0 Å². The predicted molar refractivity (Wildman–Crippen MR) is 115 cm³/mol. The van der Waals surface area contributed by atoms with Crippen LogP contribution in [0.25, 0.3) is 17.4 Å². The molecule has 0 radical (unpaired) electrons. The Hall–Kier alpha value is -3.08. The van der Waals surface area contributed by atoms with E-state index < -0.39 is 0 Å². The summed E-state index contributed by atoms with van der Waals surface area (Å²) in [6, 6.07) is 20.2. The van der Waals surface area contributed by atoms with E-state index in [-0.39, 0.29) is 17.7 Å². The molecule has 0 unspecified atom stereocenters. The van der Waals surface area contributed by atoms with Gasteiger partial charge in [-0.25, -0.2) is 0 Å².